The molecule has 5 nitrogen and oxygen atoms in total. The molecule has 0 aromatic rings. The number of likely N-dealkylation sites (tertiary alicyclic amines) is 2. The summed E-state index contributed by atoms with van der Waals surface area (Å²) in [4.78, 5) is 17.4. The lowest BCUT2D eigenvalue weighted by Crippen LogP contribution is -2.49. The molecule has 0 N–H and O–H groups in total. The summed E-state index contributed by atoms with van der Waals surface area (Å²) in [5.74, 6) is 2.08. The molecule has 4 aliphatic rings. The van der Waals surface area contributed by atoms with Crippen molar-refractivity contribution in [2.24, 2.45) is 11.8 Å². The monoisotopic (exact) mass is 340 g/mol. The van der Waals surface area contributed by atoms with E-state index in [1.54, 1.807) is 0 Å². The van der Waals surface area contributed by atoms with E-state index in [0.717, 1.165) is 44.8 Å². The van der Waals surface area contributed by atoms with Gasteiger partial charge in [0, 0.05) is 24.5 Å². The second-order valence-electron chi connectivity index (χ2n) is 8.02. The standard InChI is InChI=1S/C17H28N2O3S/c20-17(19-9-3-13-1-2-15(19)11-13)14-4-7-18(8-5-14)16-6-10-23(21,22)12-16/h13-16H,1-12H2. The quantitative estimate of drug-likeness (QED) is 0.760. The third kappa shape index (κ3) is 3.16. The molecule has 3 unspecified atom stereocenters. The normalized spacial score (nSPS) is 38.1. The van der Waals surface area contributed by atoms with Gasteiger partial charge in [0.1, 0.15) is 0 Å². The molecule has 2 bridgehead atoms. The summed E-state index contributed by atoms with van der Waals surface area (Å²) in [5.41, 5.74) is 0. The second kappa shape index (κ2) is 6.03. The Labute approximate surface area is 139 Å². The van der Waals surface area contributed by atoms with Crippen molar-refractivity contribution in [3.05, 3.63) is 0 Å². The van der Waals surface area contributed by atoms with Crippen LogP contribution in [-0.4, -0.2) is 67.3 Å². The predicted molar refractivity (Wildman–Crippen MR) is 88.8 cm³/mol. The Kier molecular flexibility index (Phi) is 4.16. The fourth-order valence-corrected chi connectivity index (χ4v) is 6.96. The first-order valence-corrected chi connectivity index (χ1v) is 11.1. The molecule has 130 valence electrons. The van der Waals surface area contributed by atoms with Crippen LogP contribution in [0.4, 0.5) is 0 Å². The molecule has 3 saturated heterocycles. The van der Waals surface area contributed by atoms with E-state index < -0.39 is 9.84 Å². The highest BCUT2D eigenvalue weighted by Crippen LogP contribution is 2.38. The molecule has 6 heteroatoms. The molecule has 3 atom stereocenters. The summed E-state index contributed by atoms with van der Waals surface area (Å²) in [7, 11) is -2.81. The van der Waals surface area contributed by atoms with Gasteiger partial charge < -0.3 is 4.90 Å². The zero-order valence-corrected chi connectivity index (χ0v) is 14.6. The number of carbonyl (C=O) groups is 1. The van der Waals surface area contributed by atoms with E-state index >= 15 is 0 Å². The topological polar surface area (TPSA) is 57.7 Å². The van der Waals surface area contributed by atoms with Gasteiger partial charge in [0.05, 0.1) is 11.5 Å². The highest BCUT2D eigenvalue weighted by Gasteiger charge is 2.40. The molecule has 1 aliphatic carbocycles. The van der Waals surface area contributed by atoms with Gasteiger partial charge in [-0.05, 0) is 64.0 Å². The SMILES string of the molecule is O=C(C1CCN(C2CCS(=O)(=O)C2)CC1)N1CCC2CCC1C2. The molecule has 3 aliphatic heterocycles. The van der Waals surface area contributed by atoms with Crippen LogP contribution >= 0.6 is 0 Å². The number of carbonyl (C=O) groups excluding carboxylic acids is 1. The number of hydrogen-bond acceptors (Lipinski definition) is 4. The van der Waals surface area contributed by atoms with Gasteiger partial charge in [-0.1, -0.05) is 0 Å². The first kappa shape index (κ1) is 15.9. The first-order valence-electron chi connectivity index (χ1n) is 9.27. The van der Waals surface area contributed by atoms with Crippen molar-refractivity contribution < 1.29 is 13.2 Å². The molecule has 23 heavy (non-hydrogen) atoms. The maximum Gasteiger partial charge on any atom is 0.226 e. The summed E-state index contributed by atoms with van der Waals surface area (Å²) >= 11 is 0. The molecular formula is C17H28N2O3S. The molecule has 0 radical (unpaired) electrons. The average Bonchev–Trinajstić information content (AvgIpc) is 3.10. The fourth-order valence-electron chi connectivity index (χ4n) is 5.20. The third-order valence-corrected chi connectivity index (χ3v) is 8.37. The molecule has 3 heterocycles. The van der Waals surface area contributed by atoms with Crippen LogP contribution in [0, 0.1) is 11.8 Å². The summed E-state index contributed by atoms with van der Waals surface area (Å²) in [6.07, 6.45) is 7.52. The van der Waals surface area contributed by atoms with Crippen molar-refractivity contribution in [1.82, 2.24) is 9.80 Å². The number of piperidine rings is 2. The van der Waals surface area contributed by atoms with Gasteiger partial charge in [0.15, 0.2) is 9.84 Å². The van der Waals surface area contributed by atoms with Crippen LogP contribution in [0.3, 0.4) is 0 Å². The highest BCUT2D eigenvalue weighted by atomic mass is 32.2. The molecule has 0 spiro atoms. The molecule has 0 aromatic heterocycles. The zero-order valence-electron chi connectivity index (χ0n) is 13.8. The van der Waals surface area contributed by atoms with Crippen LogP contribution < -0.4 is 0 Å². The number of hydrogen-bond donors (Lipinski definition) is 0. The third-order valence-electron chi connectivity index (χ3n) is 6.62. The Morgan fingerprint density at radius 1 is 0.870 bits per heavy atom. The minimum Gasteiger partial charge on any atom is -0.339 e. The lowest BCUT2D eigenvalue weighted by Gasteiger charge is -2.39. The van der Waals surface area contributed by atoms with Gasteiger partial charge in [0.25, 0.3) is 0 Å². The van der Waals surface area contributed by atoms with Gasteiger partial charge in [-0.3, -0.25) is 9.69 Å². The maximum atomic E-state index is 12.9. The molecule has 0 aromatic carbocycles. The molecule has 4 fully saturated rings. The molecule has 1 saturated carbocycles. The van der Waals surface area contributed by atoms with E-state index in [4.69, 9.17) is 0 Å². The van der Waals surface area contributed by atoms with Crippen LogP contribution in [0.15, 0.2) is 0 Å². The average molecular weight is 340 g/mol. The van der Waals surface area contributed by atoms with Gasteiger partial charge in [-0.2, -0.15) is 0 Å². The number of amides is 1. The van der Waals surface area contributed by atoms with Crippen molar-refractivity contribution in [3.63, 3.8) is 0 Å². The number of sulfone groups is 1. The van der Waals surface area contributed by atoms with Crippen molar-refractivity contribution in [2.75, 3.05) is 31.1 Å². The smallest absolute Gasteiger partial charge is 0.226 e. The Balaban J connectivity index is 1.32. The molecule has 4 rings (SSSR count). The van der Waals surface area contributed by atoms with Crippen LogP contribution in [0.1, 0.15) is 44.9 Å². The summed E-state index contributed by atoms with van der Waals surface area (Å²) < 4.78 is 23.3. The summed E-state index contributed by atoms with van der Waals surface area (Å²) in [5, 5.41) is 0. The highest BCUT2D eigenvalue weighted by molar-refractivity contribution is 7.91. The minimum atomic E-state index is -2.81. The first-order chi connectivity index (χ1) is 11.0. The summed E-state index contributed by atoms with van der Waals surface area (Å²) in [6, 6.07) is 0.709. The van der Waals surface area contributed by atoms with E-state index in [2.05, 4.69) is 9.80 Å². The minimum absolute atomic E-state index is 0.168. The van der Waals surface area contributed by atoms with E-state index in [-0.39, 0.29) is 12.0 Å². The van der Waals surface area contributed by atoms with E-state index in [0.29, 0.717) is 23.5 Å². The Morgan fingerprint density at radius 2 is 1.65 bits per heavy atom. The van der Waals surface area contributed by atoms with Gasteiger partial charge >= 0.3 is 0 Å². The van der Waals surface area contributed by atoms with Crippen molar-refractivity contribution >= 4 is 15.7 Å². The van der Waals surface area contributed by atoms with Gasteiger partial charge in [-0.25, -0.2) is 8.42 Å². The number of nitrogens with zero attached hydrogens (tertiary/aromatic N) is 2. The Bertz CT molecular complexity index is 568. The second-order valence-corrected chi connectivity index (χ2v) is 10.2. The van der Waals surface area contributed by atoms with E-state index in [9.17, 15) is 13.2 Å². The molecule has 1 amide bonds. The zero-order chi connectivity index (χ0) is 16.0. The van der Waals surface area contributed by atoms with Gasteiger partial charge in [0.2, 0.25) is 5.91 Å². The molecular weight excluding hydrogens is 312 g/mol. The predicted octanol–water partition coefficient (Wildman–Crippen LogP) is 1.29. The van der Waals surface area contributed by atoms with E-state index in [1.165, 1.54) is 25.7 Å². The maximum absolute atomic E-state index is 12.9. The van der Waals surface area contributed by atoms with Crippen LogP contribution in [0.5, 0.6) is 0 Å². The fraction of sp³-hybridized carbons (Fsp3) is 0.941. The largest absolute Gasteiger partial charge is 0.339 e. The van der Waals surface area contributed by atoms with Crippen molar-refractivity contribution in [1.29, 1.82) is 0 Å². The number of fused-ring (bicyclic) bond motifs is 2. The Hall–Kier alpha value is -0.620. The van der Waals surface area contributed by atoms with E-state index in [1.807, 2.05) is 0 Å². The summed E-state index contributed by atoms with van der Waals surface area (Å²) in [6.45, 7) is 2.74. The van der Waals surface area contributed by atoms with Crippen LogP contribution in [0.2, 0.25) is 0 Å². The lowest BCUT2D eigenvalue weighted by atomic mass is 9.91. The van der Waals surface area contributed by atoms with Crippen LogP contribution in [0.25, 0.3) is 0 Å². The Morgan fingerprint density at radius 3 is 2.35 bits per heavy atom. The van der Waals surface area contributed by atoms with Crippen molar-refractivity contribution in [2.45, 2.75) is 57.0 Å². The van der Waals surface area contributed by atoms with Crippen molar-refractivity contribution in [3.8, 4) is 0 Å². The van der Waals surface area contributed by atoms with Crippen LogP contribution in [-0.2, 0) is 14.6 Å². The number of rotatable bonds is 2. The van der Waals surface area contributed by atoms with Gasteiger partial charge in [-0.15, -0.1) is 0 Å². The lowest BCUT2D eigenvalue weighted by molar-refractivity contribution is -0.140.